The van der Waals surface area contributed by atoms with Crippen LogP contribution >= 0.6 is 15.9 Å². The average Bonchev–Trinajstić information content (AvgIpc) is 3.27. The third kappa shape index (κ3) is 3.60. The fourth-order valence-electron chi connectivity index (χ4n) is 3.73. The van der Waals surface area contributed by atoms with Gasteiger partial charge in [-0.1, -0.05) is 28.1 Å². The summed E-state index contributed by atoms with van der Waals surface area (Å²) in [7, 11) is 0. The lowest BCUT2D eigenvalue weighted by Gasteiger charge is -2.34. The molecule has 132 valence electrons. The Balaban J connectivity index is 1.31. The Kier molecular flexibility index (Phi) is 4.81. The highest BCUT2D eigenvalue weighted by atomic mass is 79.9. The molecule has 25 heavy (non-hydrogen) atoms. The molecule has 1 atom stereocenters. The van der Waals surface area contributed by atoms with Crippen LogP contribution in [0.5, 0.6) is 0 Å². The van der Waals surface area contributed by atoms with Crippen molar-refractivity contribution in [2.45, 2.75) is 25.4 Å². The molecule has 2 aromatic rings. The Labute approximate surface area is 156 Å². The van der Waals surface area contributed by atoms with Crippen LogP contribution in [0, 0.1) is 0 Å². The Morgan fingerprint density at radius 2 is 2.04 bits per heavy atom. The van der Waals surface area contributed by atoms with Crippen molar-refractivity contribution in [1.29, 1.82) is 0 Å². The van der Waals surface area contributed by atoms with E-state index in [2.05, 4.69) is 38.3 Å². The number of rotatable bonds is 3. The molecule has 0 saturated carbocycles. The van der Waals surface area contributed by atoms with Gasteiger partial charge in [0.1, 0.15) is 5.76 Å². The summed E-state index contributed by atoms with van der Waals surface area (Å²) in [5, 5.41) is 3.22. The van der Waals surface area contributed by atoms with Crippen molar-refractivity contribution in [2.75, 3.05) is 26.2 Å². The smallest absolute Gasteiger partial charge is 0.317 e. The maximum absolute atomic E-state index is 12.6. The van der Waals surface area contributed by atoms with E-state index >= 15 is 0 Å². The molecule has 0 radical (unpaired) electrons. The SMILES string of the molecule is O=C(NC1CCc2c(Br)cccc21)N1CCN(Cc2ccco2)CC1. The summed E-state index contributed by atoms with van der Waals surface area (Å²) in [6, 6.07) is 10.3. The van der Waals surface area contributed by atoms with E-state index < -0.39 is 0 Å². The van der Waals surface area contributed by atoms with Gasteiger partial charge in [-0.05, 0) is 42.2 Å². The number of piperazine rings is 1. The van der Waals surface area contributed by atoms with Crippen LogP contribution in [0.15, 0.2) is 45.5 Å². The van der Waals surface area contributed by atoms with Crippen LogP contribution < -0.4 is 5.32 Å². The summed E-state index contributed by atoms with van der Waals surface area (Å²) in [5.74, 6) is 0.978. The number of hydrogen-bond acceptors (Lipinski definition) is 3. The molecule has 1 unspecified atom stereocenters. The molecular formula is C19H22BrN3O2. The second-order valence-electron chi connectivity index (χ2n) is 6.69. The Hall–Kier alpha value is -1.79. The zero-order chi connectivity index (χ0) is 17.2. The first-order chi connectivity index (χ1) is 12.2. The highest BCUT2D eigenvalue weighted by molar-refractivity contribution is 9.10. The van der Waals surface area contributed by atoms with Crippen molar-refractivity contribution in [2.24, 2.45) is 0 Å². The van der Waals surface area contributed by atoms with Gasteiger partial charge in [0.15, 0.2) is 0 Å². The average molecular weight is 404 g/mol. The van der Waals surface area contributed by atoms with Gasteiger partial charge in [0.2, 0.25) is 0 Å². The summed E-state index contributed by atoms with van der Waals surface area (Å²) in [6.45, 7) is 4.07. The fraction of sp³-hybridized carbons (Fsp3) is 0.421. The van der Waals surface area contributed by atoms with Crippen LogP contribution in [0.25, 0.3) is 0 Å². The highest BCUT2D eigenvalue weighted by Gasteiger charge is 2.28. The lowest BCUT2D eigenvalue weighted by atomic mass is 10.1. The predicted molar refractivity (Wildman–Crippen MR) is 99.3 cm³/mol. The number of benzene rings is 1. The molecule has 2 aliphatic rings. The fourth-order valence-corrected chi connectivity index (χ4v) is 4.31. The van der Waals surface area contributed by atoms with Gasteiger partial charge in [-0.15, -0.1) is 0 Å². The summed E-state index contributed by atoms with van der Waals surface area (Å²) >= 11 is 3.61. The minimum absolute atomic E-state index is 0.0514. The number of urea groups is 1. The number of nitrogens with one attached hydrogen (secondary N) is 1. The second-order valence-corrected chi connectivity index (χ2v) is 7.55. The maximum atomic E-state index is 12.6. The molecule has 0 spiro atoms. The van der Waals surface area contributed by atoms with E-state index in [4.69, 9.17) is 4.42 Å². The normalized spacial score (nSPS) is 20.5. The zero-order valence-corrected chi connectivity index (χ0v) is 15.7. The van der Waals surface area contributed by atoms with Gasteiger partial charge in [-0.2, -0.15) is 0 Å². The van der Waals surface area contributed by atoms with E-state index in [-0.39, 0.29) is 12.1 Å². The molecule has 1 N–H and O–H groups in total. The van der Waals surface area contributed by atoms with E-state index in [1.807, 2.05) is 23.1 Å². The van der Waals surface area contributed by atoms with E-state index in [0.29, 0.717) is 0 Å². The third-order valence-electron chi connectivity index (χ3n) is 5.13. The number of carbonyl (C=O) groups is 1. The van der Waals surface area contributed by atoms with Gasteiger partial charge >= 0.3 is 6.03 Å². The molecule has 1 aliphatic heterocycles. The van der Waals surface area contributed by atoms with Crippen LogP contribution in [-0.2, 0) is 13.0 Å². The van der Waals surface area contributed by atoms with E-state index in [1.54, 1.807) is 6.26 Å². The molecule has 1 aliphatic carbocycles. The van der Waals surface area contributed by atoms with Crippen LogP contribution in [0.3, 0.4) is 0 Å². The van der Waals surface area contributed by atoms with Gasteiger partial charge in [0, 0.05) is 30.7 Å². The van der Waals surface area contributed by atoms with E-state index in [0.717, 1.165) is 55.8 Å². The molecule has 0 bridgehead atoms. The van der Waals surface area contributed by atoms with Gasteiger partial charge in [-0.25, -0.2) is 4.79 Å². The predicted octanol–water partition coefficient (Wildman–Crippen LogP) is 3.56. The molecule has 5 nitrogen and oxygen atoms in total. The van der Waals surface area contributed by atoms with Crippen LogP contribution in [-0.4, -0.2) is 42.0 Å². The minimum Gasteiger partial charge on any atom is -0.468 e. The Morgan fingerprint density at radius 3 is 2.80 bits per heavy atom. The maximum Gasteiger partial charge on any atom is 0.317 e. The molecule has 1 saturated heterocycles. The number of nitrogens with zero attached hydrogens (tertiary/aromatic N) is 2. The third-order valence-corrected chi connectivity index (χ3v) is 5.87. The summed E-state index contributed by atoms with van der Waals surface area (Å²) in [4.78, 5) is 16.9. The number of hydrogen-bond donors (Lipinski definition) is 1. The first-order valence-electron chi connectivity index (χ1n) is 8.78. The molecular weight excluding hydrogens is 382 g/mol. The highest BCUT2D eigenvalue weighted by Crippen LogP contribution is 2.35. The first-order valence-corrected chi connectivity index (χ1v) is 9.57. The molecule has 4 rings (SSSR count). The van der Waals surface area contributed by atoms with Crippen LogP contribution in [0.2, 0.25) is 0 Å². The number of amides is 2. The zero-order valence-electron chi connectivity index (χ0n) is 14.1. The van der Waals surface area contributed by atoms with Crippen LogP contribution in [0.1, 0.15) is 29.3 Å². The van der Waals surface area contributed by atoms with Crippen molar-refractivity contribution in [3.05, 3.63) is 58.0 Å². The number of halogens is 1. The summed E-state index contributed by atoms with van der Waals surface area (Å²) in [5.41, 5.74) is 2.58. The molecule has 1 fully saturated rings. The lowest BCUT2D eigenvalue weighted by molar-refractivity contribution is 0.128. The lowest BCUT2D eigenvalue weighted by Crippen LogP contribution is -2.51. The number of furan rings is 1. The van der Waals surface area contributed by atoms with Gasteiger partial charge < -0.3 is 14.6 Å². The molecule has 2 amide bonds. The molecule has 1 aromatic carbocycles. The second kappa shape index (κ2) is 7.22. The van der Waals surface area contributed by atoms with Gasteiger partial charge in [0.25, 0.3) is 0 Å². The van der Waals surface area contributed by atoms with Crippen molar-refractivity contribution in [3.8, 4) is 0 Å². The van der Waals surface area contributed by atoms with Crippen molar-refractivity contribution >= 4 is 22.0 Å². The largest absolute Gasteiger partial charge is 0.468 e. The van der Waals surface area contributed by atoms with Crippen molar-refractivity contribution in [1.82, 2.24) is 15.1 Å². The Morgan fingerprint density at radius 1 is 1.20 bits per heavy atom. The van der Waals surface area contributed by atoms with E-state index in [1.165, 1.54) is 11.1 Å². The van der Waals surface area contributed by atoms with Crippen molar-refractivity contribution in [3.63, 3.8) is 0 Å². The van der Waals surface area contributed by atoms with Gasteiger partial charge in [0.05, 0.1) is 18.8 Å². The van der Waals surface area contributed by atoms with Crippen LogP contribution in [0.4, 0.5) is 4.79 Å². The molecule has 2 heterocycles. The van der Waals surface area contributed by atoms with Crippen molar-refractivity contribution < 1.29 is 9.21 Å². The Bertz CT molecular complexity index is 739. The van der Waals surface area contributed by atoms with E-state index in [9.17, 15) is 4.79 Å². The topological polar surface area (TPSA) is 48.7 Å². The number of fused-ring (bicyclic) bond motifs is 1. The summed E-state index contributed by atoms with van der Waals surface area (Å²) < 4.78 is 6.55. The minimum atomic E-state index is 0.0514. The monoisotopic (exact) mass is 403 g/mol. The standard InChI is InChI=1S/C19H22BrN3O2/c20-17-5-1-4-16-15(17)6-7-18(16)21-19(24)23-10-8-22(9-11-23)13-14-3-2-12-25-14/h1-5,12,18H,6-11,13H2,(H,21,24). The number of carbonyl (C=O) groups excluding carboxylic acids is 1. The summed E-state index contributed by atoms with van der Waals surface area (Å²) in [6.07, 6.45) is 3.69. The molecule has 1 aromatic heterocycles. The molecule has 6 heteroatoms. The quantitative estimate of drug-likeness (QED) is 0.851. The first kappa shape index (κ1) is 16.7. The van der Waals surface area contributed by atoms with Gasteiger partial charge in [-0.3, -0.25) is 4.90 Å².